The van der Waals surface area contributed by atoms with Crippen molar-refractivity contribution < 1.29 is 14.7 Å². The quantitative estimate of drug-likeness (QED) is 0.889. The number of aryl methyl sites for hydroxylation is 1. The van der Waals surface area contributed by atoms with Gasteiger partial charge in [0, 0.05) is 18.8 Å². The summed E-state index contributed by atoms with van der Waals surface area (Å²) < 4.78 is 0. The van der Waals surface area contributed by atoms with E-state index in [-0.39, 0.29) is 12.6 Å². The Kier molecular flexibility index (Phi) is 4.45. The fourth-order valence-corrected chi connectivity index (χ4v) is 2.56. The number of hydrogen-bond donors (Lipinski definition) is 2. The van der Waals surface area contributed by atoms with E-state index in [0.717, 1.165) is 11.4 Å². The fourth-order valence-electron chi connectivity index (χ4n) is 2.56. The zero-order valence-corrected chi connectivity index (χ0v) is 12.4. The molecule has 1 atom stereocenters. The number of hydrogen-bond acceptors (Lipinski definition) is 3. The van der Waals surface area contributed by atoms with Crippen molar-refractivity contribution in [1.29, 1.82) is 0 Å². The lowest BCUT2D eigenvalue weighted by molar-refractivity contribution is -0.150. The van der Waals surface area contributed by atoms with Crippen LogP contribution in [0.4, 0.5) is 4.79 Å². The second kappa shape index (κ2) is 6.11. The molecule has 1 aliphatic rings. The number of carboxylic acid groups (broad SMARTS) is 1. The molecule has 2 amide bonds. The van der Waals surface area contributed by atoms with E-state index in [1.54, 1.807) is 11.8 Å². The van der Waals surface area contributed by atoms with Crippen LogP contribution in [0.3, 0.4) is 0 Å². The molecule has 1 aliphatic heterocycles. The Hall–Kier alpha value is -2.11. The van der Waals surface area contributed by atoms with Crippen molar-refractivity contribution in [3.05, 3.63) is 29.6 Å². The number of piperidine rings is 1. The summed E-state index contributed by atoms with van der Waals surface area (Å²) in [6.45, 7) is 4.78. The van der Waals surface area contributed by atoms with Gasteiger partial charge < -0.3 is 15.3 Å². The summed E-state index contributed by atoms with van der Waals surface area (Å²) in [5.74, 6) is -0.847. The first kappa shape index (κ1) is 15.3. The minimum Gasteiger partial charge on any atom is -0.481 e. The maximum absolute atomic E-state index is 12.2. The number of amides is 2. The number of nitrogens with one attached hydrogen (secondary N) is 1. The summed E-state index contributed by atoms with van der Waals surface area (Å²) in [6, 6.07) is 5.41. The summed E-state index contributed by atoms with van der Waals surface area (Å²) in [6.07, 6.45) is 1.31. The first-order valence-electron chi connectivity index (χ1n) is 7.09. The Morgan fingerprint density at radius 2 is 2.24 bits per heavy atom. The number of aliphatic carboxylic acids is 1. The van der Waals surface area contributed by atoms with E-state index < -0.39 is 11.4 Å². The first-order chi connectivity index (χ1) is 9.90. The Morgan fingerprint density at radius 1 is 1.48 bits per heavy atom. The van der Waals surface area contributed by atoms with Crippen molar-refractivity contribution in [3.63, 3.8) is 0 Å². The molecule has 21 heavy (non-hydrogen) atoms. The lowest BCUT2D eigenvalue weighted by Crippen LogP contribution is -2.51. The van der Waals surface area contributed by atoms with Gasteiger partial charge in [0.1, 0.15) is 0 Å². The third-order valence-electron chi connectivity index (χ3n) is 3.87. The molecule has 1 unspecified atom stereocenters. The van der Waals surface area contributed by atoms with Gasteiger partial charge in [0.25, 0.3) is 0 Å². The lowest BCUT2D eigenvalue weighted by atomic mass is 9.82. The summed E-state index contributed by atoms with van der Waals surface area (Å²) in [4.78, 5) is 29.4. The van der Waals surface area contributed by atoms with Crippen molar-refractivity contribution in [2.24, 2.45) is 5.41 Å². The molecule has 0 aliphatic carbocycles. The molecule has 2 heterocycles. The molecule has 2 N–H and O–H groups in total. The van der Waals surface area contributed by atoms with E-state index in [4.69, 9.17) is 0 Å². The Bertz CT molecular complexity index is 547. The molecule has 0 bridgehead atoms. The lowest BCUT2D eigenvalue weighted by Gasteiger charge is -2.37. The Labute approximate surface area is 124 Å². The molecule has 6 heteroatoms. The first-order valence-corrected chi connectivity index (χ1v) is 7.09. The maximum Gasteiger partial charge on any atom is 0.317 e. The summed E-state index contributed by atoms with van der Waals surface area (Å²) in [5.41, 5.74) is 0.844. The average molecular weight is 291 g/mol. The van der Waals surface area contributed by atoms with E-state index in [0.29, 0.717) is 25.9 Å². The van der Waals surface area contributed by atoms with Crippen LogP contribution < -0.4 is 5.32 Å². The van der Waals surface area contributed by atoms with Gasteiger partial charge >= 0.3 is 12.0 Å². The number of likely N-dealkylation sites (tertiary alicyclic amines) is 1. The molecule has 114 valence electrons. The molecule has 1 saturated heterocycles. The highest BCUT2D eigenvalue weighted by Gasteiger charge is 2.39. The molecule has 0 aromatic carbocycles. The molecule has 0 radical (unpaired) electrons. The predicted octanol–water partition coefficient (Wildman–Crippen LogP) is 1.79. The Balaban J connectivity index is 1.93. The average Bonchev–Trinajstić information content (AvgIpc) is 2.45. The van der Waals surface area contributed by atoms with Gasteiger partial charge in [0.2, 0.25) is 0 Å². The highest BCUT2D eigenvalue weighted by molar-refractivity contribution is 5.78. The fraction of sp³-hybridized carbons (Fsp3) is 0.533. The molecule has 1 aromatic rings. The van der Waals surface area contributed by atoms with E-state index in [9.17, 15) is 14.7 Å². The van der Waals surface area contributed by atoms with Crippen LogP contribution in [0.1, 0.15) is 31.2 Å². The largest absolute Gasteiger partial charge is 0.481 e. The summed E-state index contributed by atoms with van der Waals surface area (Å²) >= 11 is 0. The molecule has 1 aromatic heterocycles. The smallest absolute Gasteiger partial charge is 0.317 e. The van der Waals surface area contributed by atoms with Gasteiger partial charge in [-0.25, -0.2) is 4.79 Å². The molecular weight excluding hydrogens is 270 g/mol. The standard InChI is InChI=1S/C15H21N3O3/c1-11-5-3-6-12(17-11)9-16-14(21)18-8-4-7-15(2,10-18)13(19)20/h3,5-6H,4,7-10H2,1-2H3,(H,16,21)(H,19,20). The van der Waals surface area contributed by atoms with Crippen molar-refractivity contribution in [2.75, 3.05) is 13.1 Å². The molecule has 2 rings (SSSR count). The zero-order chi connectivity index (χ0) is 15.5. The molecule has 6 nitrogen and oxygen atoms in total. The second-order valence-electron chi connectivity index (χ2n) is 5.82. The predicted molar refractivity (Wildman–Crippen MR) is 77.8 cm³/mol. The van der Waals surface area contributed by atoms with Crippen molar-refractivity contribution in [2.45, 2.75) is 33.2 Å². The van der Waals surface area contributed by atoms with Crippen LogP contribution in [0.2, 0.25) is 0 Å². The van der Waals surface area contributed by atoms with E-state index in [1.807, 2.05) is 25.1 Å². The number of carboxylic acids is 1. The normalized spacial score (nSPS) is 21.9. The molecule has 1 fully saturated rings. The third-order valence-corrected chi connectivity index (χ3v) is 3.87. The summed E-state index contributed by atoms with van der Waals surface area (Å²) in [7, 11) is 0. The minimum absolute atomic E-state index is 0.231. The van der Waals surface area contributed by atoms with Gasteiger partial charge in [0.15, 0.2) is 0 Å². The topological polar surface area (TPSA) is 82.5 Å². The van der Waals surface area contributed by atoms with E-state index in [1.165, 1.54) is 0 Å². The highest BCUT2D eigenvalue weighted by Crippen LogP contribution is 2.29. The van der Waals surface area contributed by atoms with Gasteiger partial charge in [-0.1, -0.05) is 6.07 Å². The Morgan fingerprint density at radius 3 is 2.90 bits per heavy atom. The second-order valence-corrected chi connectivity index (χ2v) is 5.82. The number of aromatic nitrogens is 1. The van der Waals surface area contributed by atoms with Crippen LogP contribution >= 0.6 is 0 Å². The number of pyridine rings is 1. The minimum atomic E-state index is -0.850. The van der Waals surface area contributed by atoms with Gasteiger partial charge in [-0.2, -0.15) is 0 Å². The van der Waals surface area contributed by atoms with E-state index >= 15 is 0 Å². The SMILES string of the molecule is Cc1cccc(CNC(=O)N2CCCC(C)(C(=O)O)C2)n1. The maximum atomic E-state index is 12.2. The number of nitrogens with zero attached hydrogens (tertiary/aromatic N) is 2. The van der Waals surface area contributed by atoms with Gasteiger partial charge in [0.05, 0.1) is 17.7 Å². The van der Waals surface area contributed by atoms with Crippen molar-refractivity contribution in [3.8, 4) is 0 Å². The number of rotatable bonds is 3. The van der Waals surface area contributed by atoms with Crippen LogP contribution in [0.5, 0.6) is 0 Å². The van der Waals surface area contributed by atoms with Gasteiger partial charge in [-0.15, -0.1) is 0 Å². The molecular formula is C15H21N3O3. The molecule has 0 saturated carbocycles. The van der Waals surface area contributed by atoms with Crippen molar-refractivity contribution in [1.82, 2.24) is 15.2 Å². The highest BCUT2D eigenvalue weighted by atomic mass is 16.4. The van der Waals surface area contributed by atoms with E-state index in [2.05, 4.69) is 10.3 Å². The zero-order valence-electron chi connectivity index (χ0n) is 12.4. The van der Waals surface area contributed by atoms with Crippen LogP contribution in [-0.2, 0) is 11.3 Å². The van der Waals surface area contributed by atoms with Gasteiger partial charge in [-0.05, 0) is 38.8 Å². The molecule has 0 spiro atoms. The van der Waals surface area contributed by atoms with Crippen LogP contribution in [-0.4, -0.2) is 40.1 Å². The van der Waals surface area contributed by atoms with Crippen LogP contribution in [0.15, 0.2) is 18.2 Å². The monoisotopic (exact) mass is 291 g/mol. The number of carbonyl (C=O) groups excluding carboxylic acids is 1. The third kappa shape index (κ3) is 3.71. The number of carbonyl (C=O) groups is 2. The van der Waals surface area contributed by atoms with Crippen LogP contribution in [0, 0.1) is 12.3 Å². The summed E-state index contributed by atoms with van der Waals surface area (Å²) in [5, 5.41) is 12.1. The number of urea groups is 1. The van der Waals surface area contributed by atoms with Crippen LogP contribution in [0.25, 0.3) is 0 Å². The van der Waals surface area contributed by atoms with Gasteiger partial charge in [-0.3, -0.25) is 9.78 Å². The van der Waals surface area contributed by atoms with Crippen molar-refractivity contribution >= 4 is 12.0 Å².